The third kappa shape index (κ3) is 2.61. The molecule has 0 saturated heterocycles. The highest BCUT2D eigenvalue weighted by molar-refractivity contribution is 5.93. The number of aryl methyl sites for hydroxylation is 1. The minimum Gasteiger partial charge on any atom is -0.350 e. The highest BCUT2D eigenvalue weighted by atomic mass is 19.1. The third-order valence-electron chi connectivity index (χ3n) is 4.53. The van der Waals surface area contributed by atoms with Crippen LogP contribution in [0, 0.1) is 12.7 Å². The van der Waals surface area contributed by atoms with Gasteiger partial charge in [0.2, 0.25) is 0 Å². The van der Waals surface area contributed by atoms with Gasteiger partial charge in [0.05, 0.1) is 5.69 Å². The van der Waals surface area contributed by atoms with E-state index in [2.05, 4.69) is 20.7 Å². The number of carbonyl (C=O) groups excluding carboxylic acids is 1. The number of hydrogen-bond acceptors (Lipinski definition) is 3. The zero-order chi connectivity index (χ0) is 15.6. The molecule has 1 aromatic carbocycles. The number of nitrogens with one attached hydrogen (secondary N) is 2. The molecule has 0 bridgehead atoms. The van der Waals surface area contributed by atoms with Gasteiger partial charge in [-0.3, -0.25) is 4.79 Å². The molecule has 0 unspecified atom stereocenters. The molecule has 0 atom stereocenters. The molecule has 3 rings (SSSR count). The van der Waals surface area contributed by atoms with E-state index in [0.717, 1.165) is 25.7 Å². The van der Waals surface area contributed by atoms with E-state index in [0.29, 0.717) is 23.5 Å². The van der Waals surface area contributed by atoms with Gasteiger partial charge in [-0.25, -0.2) is 4.39 Å². The van der Waals surface area contributed by atoms with Crippen molar-refractivity contribution in [2.45, 2.75) is 38.0 Å². The minimum atomic E-state index is -0.321. The number of amides is 1. The van der Waals surface area contributed by atoms with Gasteiger partial charge < -0.3 is 5.32 Å². The van der Waals surface area contributed by atoms with E-state index in [1.807, 2.05) is 12.1 Å². The zero-order valence-electron chi connectivity index (χ0n) is 12.5. The number of hydrogen-bond donors (Lipinski definition) is 2. The second kappa shape index (κ2) is 5.87. The molecule has 116 valence electrons. The minimum absolute atomic E-state index is 0.198. The molecular weight excluding hydrogens is 283 g/mol. The van der Waals surface area contributed by atoms with Crippen molar-refractivity contribution in [2.75, 3.05) is 6.54 Å². The van der Waals surface area contributed by atoms with E-state index in [-0.39, 0.29) is 17.1 Å². The predicted octanol–water partition coefficient (Wildman–Crippen LogP) is 2.49. The monoisotopic (exact) mass is 302 g/mol. The summed E-state index contributed by atoms with van der Waals surface area (Å²) >= 11 is 0. The fraction of sp³-hybridized carbons (Fsp3) is 0.438. The average Bonchev–Trinajstić information content (AvgIpc) is 3.15. The Morgan fingerprint density at radius 2 is 2.05 bits per heavy atom. The van der Waals surface area contributed by atoms with Gasteiger partial charge in [0.15, 0.2) is 5.69 Å². The molecule has 1 heterocycles. The lowest BCUT2D eigenvalue weighted by Gasteiger charge is -2.30. The maximum absolute atomic E-state index is 14.2. The predicted molar refractivity (Wildman–Crippen MR) is 80.0 cm³/mol. The van der Waals surface area contributed by atoms with Gasteiger partial charge >= 0.3 is 0 Å². The van der Waals surface area contributed by atoms with Crippen LogP contribution in [-0.4, -0.2) is 27.9 Å². The number of nitrogens with zero attached hydrogens (tertiary/aromatic N) is 2. The summed E-state index contributed by atoms with van der Waals surface area (Å²) in [4.78, 5) is 12.2. The van der Waals surface area contributed by atoms with E-state index in [9.17, 15) is 9.18 Å². The normalized spacial score (nSPS) is 16.6. The van der Waals surface area contributed by atoms with Gasteiger partial charge in [0.25, 0.3) is 5.91 Å². The van der Waals surface area contributed by atoms with Crippen LogP contribution in [0.3, 0.4) is 0 Å². The number of carbonyl (C=O) groups is 1. The highest BCUT2D eigenvalue weighted by Gasteiger charge is 2.38. The van der Waals surface area contributed by atoms with Crippen molar-refractivity contribution in [2.24, 2.45) is 0 Å². The molecular formula is C16H19FN4O. The van der Waals surface area contributed by atoms with Crippen molar-refractivity contribution in [3.05, 3.63) is 47.0 Å². The van der Waals surface area contributed by atoms with Crippen LogP contribution in [0.4, 0.5) is 4.39 Å². The Balaban J connectivity index is 1.80. The van der Waals surface area contributed by atoms with Gasteiger partial charge in [-0.1, -0.05) is 31.0 Å². The van der Waals surface area contributed by atoms with Crippen LogP contribution in [-0.2, 0) is 5.41 Å². The summed E-state index contributed by atoms with van der Waals surface area (Å²) in [5.74, 6) is -0.467. The first-order chi connectivity index (χ1) is 10.6. The smallest absolute Gasteiger partial charge is 0.273 e. The number of rotatable bonds is 4. The first kappa shape index (κ1) is 14.7. The summed E-state index contributed by atoms with van der Waals surface area (Å²) < 4.78 is 14.2. The lowest BCUT2D eigenvalue weighted by Crippen LogP contribution is -2.40. The van der Waals surface area contributed by atoms with Crippen LogP contribution in [0.25, 0.3) is 0 Å². The van der Waals surface area contributed by atoms with Crippen LogP contribution in [0.2, 0.25) is 0 Å². The number of benzene rings is 1. The Labute approximate surface area is 128 Å². The van der Waals surface area contributed by atoms with Gasteiger partial charge in [-0.05, 0) is 31.4 Å². The molecule has 1 amide bonds. The standard InChI is InChI=1S/C16H19FN4O/c1-11-14(20-21-19-11)15(22)18-10-16(8-4-5-9-16)12-6-2-3-7-13(12)17/h2-3,6-7H,4-5,8-10H2,1H3,(H,18,22)(H,19,20,21). The average molecular weight is 302 g/mol. The second-order valence-electron chi connectivity index (χ2n) is 5.91. The second-order valence-corrected chi connectivity index (χ2v) is 5.91. The molecule has 1 aliphatic rings. The fourth-order valence-electron chi connectivity index (χ4n) is 3.32. The summed E-state index contributed by atoms with van der Waals surface area (Å²) in [6, 6.07) is 6.86. The Morgan fingerprint density at radius 1 is 1.32 bits per heavy atom. The summed E-state index contributed by atoms with van der Waals surface area (Å²) in [5.41, 5.74) is 1.23. The number of H-pyrrole nitrogens is 1. The molecule has 22 heavy (non-hydrogen) atoms. The van der Waals surface area contributed by atoms with Gasteiger partial charge in [0, 0.05) is 12.0 Å². The molecule has 1 aliphatic carbocycles. The number of aromatic nitrogens is 3. The van der Waals surface area contributed by atoms with Crippen molar-refractivity contribution in [3.63, 3.8) is 0 Å². The summed E-state index contributed by atoms with van der Waals surface area (Å²) in [6.07, 6.45) is 3.86. The highest BCUT2D eigenvalue weighted by Crippen LogP contribution is 2.41. The van der Waals surface area contributed by atoms with Crippen LogP contribution < -0.4 is 5.32 Å². The summed E-state index contributed by atoms with van der Waals surface area (Å²) in [6.45, 7) is 2.14. The fourth-order valence-corrected chi connectivity index (χ4v) is 3.32. The largest absolute Gasteiger partial charge is 0.350 e. The van der Waals surface area contributed by atoms with Crippen LogP contribution >= 0.6 is 0 Å². The van der Waals surface area contributed by atoms with Gasteiger partial charge in [-0.2, -0.15) is 15.4 Å². The van der Waals surface area contributed by atoms with Crippen molar-refractivity contribution in [1.82, 2.24) is 20.7 Å². The molecule has 5 nitrogen and oxygen atoms in total. The van der Waals surface area contributed by atoms with Gasteiger partial charge in [0.1, 0.15) is 5.82 Å². The van der Waals surface area contributed by atoms with Crippen molar-refractivity contribution in [1.29, 1.82) is 0 Å². The van der Waals surface area contributed by atoms with E-state index in [1.165, 1.54) is 6.07 Å². The van der Waals surface area contributed by atoms with Crippen LogP contribution in [0.1, 0.15) is 47.4 Å². The molecule has 0 spiro atoms. The Kier molecular flexibility index (Phi) is 3.92. The third-order valence-corrected chi connectivity index (χ3v) is 4.53. The van der Waals surface area contributed by atoms with Crippen molar-refractivity contribution < 1.29 is 9.18 Å². The molecule has 2 aromatic rings. The number of aromatic amines is 1. The molecule has 0 aliphatic heterocycles. The molecule has 6 heteroatoms. The maximum Gasteiger partial charge on any atom is 0.273 e. The van der Waals surface area contributed by atoms with Crippen molar-refractivity contribution >= 4 is 5.91 Å². The lowest BCUT2D eigenvalue weighted by atomic mass is 9.78. The number of halogens is 1. The Hall–Kier alpha value is -2.24. The molecule has 1 aromatic heterocycles. The van der Waals surface area contributed by atoms with Crippen molar-refractivity contribution in [3.8, 4) is 0 Å². The molecule has 0 radical (unpaired) electrons. The summed E-state index contributed by atoms with van der Waals surface area (Å²) in [7, 11) is 0. The Bertz CT molecular complexity index is 676. The Morgan fingerprint density at radius 3 is 2.68 bits per heavy atom. The molecule has 1 fully saturated rings. The van der Waals surface area contributed by atoms with Crippen LogP contribution in [0.5, 0.6) is 0 Å². The topological polar surface area (TPSA) is 70.7 Å². The van der Waals surface area contributed by atoms with Crippen LogP contribution in [0.15, 0.2) is 24.3 Å². The van der Waals surface area contributed by atoms with E-state index in [1.54, 1.807) is 13.0 Å². The first-order valence-electron chi connectivity index (χ1n) is 7.53. The molecule has 2 N–H and O–H groups in total. The lowest BCUT2D eigenvalue weighted by molar-refractivity contribution is 0.0937. The maximum atomic E-state index is 14.2. The van der Waals surface area contributed by atoms with E-state index >= 15 is 0 Å². The zero-order valence-corrected chi connectivity index (χ0v) is 12.5. The summed E-state index contributed by atoms with van der Waals surface area (Å²) in [5, 5.41) is 13.0. The molecule has 1 saturated carbocycles. The van der Waals surface area contributed by atoms with Gasteiger partial charge in [-0.15, -0.1) is 0 Å². The van der Waals surface area contributed by atoms with E-state index < -0.39 is 0 Å². The quantitative estimate of drug-likeness (QED) is 0.911. The van der Waals surface area contributed by atoms with E-state index in [4.69, 9.17) is 0 Å². The SMILES string of the molecule is Cc1n[nH]nc1C(=O)NCC1(c2ccccc2F)CCCC1. The first-order valence-corrected chi connectivity index (χ1v) is 7.53.